The van der Waals surface area contributed by atoms with E-state index in [1.165, 1.54) is 16.8 Å². The normalized spacial score (nSPS) is 20.4. The Morgan fingerprint density at radius 2 is 2.26 bits per heavy atom. The van der Waals surface area contributed by atoms with Gasteiger partial charge in [0.25, 0.3) is 0 Å². The van der Waals surface area contributed by atoms with Crippen LogP contribution in [-0.2, 0) is 11.3 Å². The number of nitrogens with zero attached hydrogens (tertiary/aromatic N) is 1. The van der Waals surface area contributed by atoms with Gasteiger partial charge in [-0.3, -0.25) is 0 Å². The number of rotatable bonds is 4. The lowest BCUT2D eigenvalue weighted by Crippen LogP contribution is -2.30. The third-order valence-electron chi connectivity index (χ3n) is 3.63. The lowest BCUT2D eigenvalue weighted by atomic mass is 10.1. The molecule has 1 heterocycles. The minimum absolute atomic E-state index is 0.323. The fraction of sp³-hybridized carbons (Fsp3) is 0.625. The summed E-state index contributed by atoms with van der Waals surface area (Å²) in [5.41, 5.74) is 4.09. The van der Waals surface area contributed by atoms with Crippen LogP contribution in [0.5, 0.6) is 0 Å². The van der Waals surface area contributed by atoms with Crippen LogP contribution in [0.25, 0.3) is 0 Å². The van der Waals surface area contributed by atoms with Crippen LogP contribution < -0.4 is 10.2 Å². The number of hydrogen-bond acceptors (Lipinski definition) is 3. The first kappa shape index (κ1) is 14.4. The number of hydrogen-bond donors (Lipinski definition) is 1. The highest BCUT2D eigenvalue weighted by Gasteiger charge is 2.16. The molecule has 1 fully saturated rings. The fourth-order valence-corrected chi connectivity index (χ4v) is 2.66. The van der Waals surface area contributed by atoms with E-state index < -0.39 is 0 Å². The van der Waals surface area contributed by atoms with Gasteiger partial charge in [0.15, 0.2) is 0 Å². The number of aryl methyl sites for hydroxylation is 1. The maximum Gasteiger partial charge on any atom is 0.0721 e. The molecule has 106 valence electrons. The maximum atomic E-state index is 5.72. The molecule has 1 aliphatic heterocycles. The van der Waals surface area contributed by atoms with Crippen LogP contribution >= 0.6 is 0 Å². The quantitative estimate of drug-likeness (QED) is 0.903. The number of nitrogens with one attached hydrogen (secondary N) is 1. The van der Waals surface area contributed by atoms with Gasteiger partial charge in [0.1, 0.15) is 0 Å². The lowest BCUT2D eigenvalue weighted by molar-refractivity contribution is 0.0821. The summed E-state index contributed by atoms with van der Waals surface area (Å²) in [5.74, 6) is 0. The second kappa shape index (κ2) is 6.92. The summed E-state index contributed by atoms with van der Waals surface area (Å²) in [6.45, 7) is 11.5. The van der Waals surface area contributed by atoms with E-state index in [1.54, 1.807) is 0 Å². The van der Waals surface area contributed by atoms with Crippen molar-refractivity contribution in [1.29, 1.82) is 0 Å². The molecule has 1 aromatic rings. The fourth-order valence-electron chi connectivity index (χ4n) is 2.66. The third kappa shape index (κ3) is 3.95. The van der Waals surface area contributed by atoms with Crippen LogP contribution in [0.15, 0.2) is 18.2 Å². The Bertz CT molecular complexity index is 406. The van der Waals surface area contributed by atoms with Gasteiger partial charge in [-0.2, -0.15) is 0 Å². The molecule has 0 bridgehead atoms. The van der Waals surface area contributed by atoms with E-state index in [0.29, 0.717) is 6.10 Å². The first-order valence-corrected chi connectivity index (χ1v) is 7.37. The van der Waals surface area contributed by atoms with Crippen molar-refractivity contribution in [3.8, 4) is 0 Å². The smallest absolute Gasteiger partial charge is 0.0721 e. The van der Waals surface area contributed by atoms with Gasteiger partial charge in [0.05, 0.1) is 6.10 Å². The van der Waals surface area contributed by atoms with Gasteiger partial charge in [-0.05, 0) is 44.0 Å². The Morgan fingerprint density at radius 3 is 3.00 bits per heavy atom. The SMILES string of the molecule is CCNCc1ccc(N2CCCOC(C)C2)c(C)c1. The Labute approximate surface area is 116 Å². The highest BCUT2D eigenvalue weighted by molar-refractivity contribution is 5.54. The molecule has 19 heavy (non-hydrogen) atoms. The Kier molecular flexibility index (Phi) is 5.23. The average molecular weight is 262 g/mol. The molecule has 0 saturated carbocycles. The predicted octanol–water partition coefficient (Wildman–Crippen LogP) is 2.72. The topological polar surface area (TPSA) is 24.5 Å². The zero-order valence-corrected chi connectivity index (χ0v) is 12.4. The predicted molar refractivity (Wildman–Crippen MR) is 80.8 cm³/mol. The largest absolute Gasteiger partial charge is 0.377 e. The number of ether oxygens (including phenoxy) is 1. The molecule has 1 aromatic carbocycles. The van der Waals surface area contributed by atoms with Gasteiger partial charge in [-0.25, -0.2) is 0 Å². The third-order valence-corrected chi connectivity index (χ3v) is 3.63. The highest BCUT2D eigenvalue weighted by Crippen LogP contribution is 2.23. The summed E-state index contributed by atoms with van der Waals surface area (Å²) < 4.78 is 5.72. The first-order chi connectivity index (χ1) is 9.20. The van der Waals surface area contributed by atoms with E-state index in [2.05, 4.69) is 49.2 Å². The molecule has 1 N–H and O–H groups in total. The zero-order chi connectivity index (χ0) is 13.7. The highest BCUT2D eigenvalue weighted by atomic mass is 16.5. The molecule has 0 radical (unpaired) electrons. The van der Waals surface area contributed by atoms with Crippen molar-refractivity contribution in [3.05, 3.63) is 29.3 Å². The van der Waals surface area contributed by atoms with Crippen LogP contribution in [-0.4, -0.2) is 32.3 Å². The molecule has 3 heteroatoms. The number of anilines is 1. The summed E-state index contributed by atoms with van der Waals surface area (Å²) in [7, 11) is 0. The van der Waals surface area contributed by atoms with Crippen LogP contribution in [0.1, 0.15) is 31.4 Å². The van der Waals surface area contributed by atoms with E-state index in [4.69, 9.17) is 4.74 Å². The van der Waals surface area contributed by atoms with Crippen molar-refractivity contribution in [2.24, 2.45) is 0 Å². The summed E-state index contributed by atoms with van der Waals surface area (Å²) in [5, 5.41) is 3.37. The standard InChI is InChI=1S/C16H26N2O/c1-4-17-11-15-6-7-16(13(2)10-15)18-8-5-9-19-14(3)12-18/h6-7,10,14,17H,4-5,8-9,11-12H2,1-3H3. The van der Waals surface area contributed by atoms with Crippen molar-refractivity contribution >= 4 is 5.69 Å². The van der Waals surface area contributed by atoms with Gasteiger partial charge < -0.3 is 15.0 Å². The molecule has 2 rings (SSSR count). The minimum Gasteiger partial charge on any atom is -0.377 e. The molecular formula is C16H26N2O. The molecule has 0 amide bonds. The average Bonchev–Trinajstić information content (AvgIpc) is 2.61. The Balaban J connectivity index is 2.10. The molecule has 1 unspecified atom stereocenters. The minimum atomic E-state index is 0.323. The van der Waals surface area contributed by atoms with E-state index in [-0.39, 0.29) is 0 Å². The molecule has 0 aliphatic carbocycles. The second-order valence-corrected chi connectivity index (χ2v) is 5.38. The first-order valence-electron chi connectivity index (χ1n) is 7.37. The van der Waals surface area contributed by atoms with Crippen molar-refractivity contribution in [2.45, 2.75) is 39.8 Å². The summed E-state index contributed by atoms with van der Waals surface area (Å²) >= 11 is 0. The van der Waals surface area contributed by atoms with Crippen molar-refractivity contribution in [3.63, 3.8) is 0 Å². The van der Waals surface area contributed by atoms with Gasteiger partial charge in [0, 0.05) is 31.9 Å². The summed E-state index contributed by atoms with van der Waals surface area (Å²) in [4.78, 5) is 2.46. The summed E-state index contributed by atoms with van der Waals surface area (Å²) in [6, 6.07) is 6.80. The van der Waals surface area contributed by atoms with Crippen LogP contribution in [0, 0.1) is 6.92 Å². The Morgan fingerprint density at radius 1 is 1.42 bits per heavy atom. The molecule has 1 atom stereocenters. The molecule has 3 nitrogen and oxygen atoms in total. The van der Waals surface area contributed by atoms with Crippen molar-refractivity contribution in [1.82, 2.24) is 5.32 Å². The molecule has 1 saturated heterocycles. The van der Waals surface area contributed by atoms with Crippen LogP contribution in [0.4, 0.5) is 5.69 Å². The molecule has 0 spiro atoms. The summed E-state index contributed by atoms with van der Waals surface area (Å²) in [6.07, 6.45) is 1.44. The van der Waals surface area contributed by atoms with Gasteiger partial charge in [-0.15, -0.1) is 0 Å². The monoisotopic (exact) mass is 262 g/mol. The molecular weight excluding hydrogens is 236 g/mol. The Hall–Kier alpha value is -1.06. The van der Waals surface area contributed by atoms with E-state index >= 15 is 0 Å². The van der Waals surface area contributed by atoms with Gasteiger partial charge in [0.2, 0.25) is 0 Å². The van der Waals surface area contributed by atoms with E-state index in [0.717, 1.165) is 39.2 Å². The van der Waals surface area contributed by atoms with Crippen LogP contribution in [0.2, 0.25) is 0 Å². The van der Waals surface area contributed by atoms with Crippen LogP contribution in [0.3, 0.4) is 0 Å². The van der Waals surface area contributed by atoms with E-state index in [1.807, 2.05) is 0 Å². The number of benzene rings is 1. The van der Waals surface area contributed by atoms with E-state index in [9.17, 15) is 0 Å². The molecule has 1 aliphatic rings. The van der Waals surface area contributed by atoms with Crippen molar-refractivity contribution < 1.29 is 4.74 Å². The maximum absolute atomic E-state index is 5.72. The second-order valence-electron chi connectivity index (χ2n) is 5.38. The molecule has 0 aromatic heterocycles. The van der Waals surface area contributed by atoms with Gasteiger partial charge in [-0.1, -0.05) is 19.1 Å². The lowest BCUT2D eigenvalue weighted by Gasteiger charge is -2.26. The zero-order valence-electron chi connectivity index (χ0n) is 12.4. The van der Waals surface area contributed by atoms with Gasteiger partial charge >= 0.3 is 0 Å². The van der Waals surface area contributed by atoms with Crippen molar-refractivity contribution in [2.75, 3.05) is 31.1 Å².